The van der Waals surface area contributed by atoms with Crippen LogP contribution in [0.15, 0.2) is 36.5 Å². The SMILES string of the molecule is Cc1c(Cl)cnn1CC(C(N)=S)c1ccccc1. The van der Waals surface area contributed by atoms with Gasteiger partial charge in [0.25, 0.3) is 0 Å². The summed E-state index contributed by atoms with van der Waals surface area (Å²) >= 11 is 11.1. The number of halogens is 1. The first-order valence-corrected chi connectivity index (χ1v) is 6.40. The maximum atomic E-state index is 5.99. The number of thiocarbonyl (C=S) groups is 1. The Bertz CT molecular complexity index is 551. The highest BCUT2D eigenvalue weighted by Gasteiger charge is 2.17. The Balaban J connectivity index is 2.28. The summed E-state index contributed by atoms with van der Waals surface area (Å²) in [5, 5.41) is 4.89. The van der Waals surface area contributed by atoms with Gasteiger partial charge in [-0.05, 0) is 12.5 Å². The van der Waals surface area contributed by atoms with Gasteiger partial charge in [0.05, 0.1) is 34.4 Å². The van der Waals surface area contributed by atoms with E-state index in [1.165, 1.54) is 0 Å². The van der Waals surface area contributed by atoms with Crippen molar-refractivity contribution in [1.82, 2.24) is 9.78 Å². The minimum Gasteiger partial charge on any atom is -0.393 e. The number of nitrogens with two attached hydrogens (primary N) is 1. The molecule has 0 radical (unpaired) electrons. The van der Waals surface area contributed by atoms with E-state index in [2.05, 4.69) is 5.10 Å². The number of hydrogen-bond donors (Lipinski definition) is 1. The molecular weight excluding hydrogens is 266 g/mol. The van der Waals surface area contributed by atoms with E-state index >= 15 is 0 Å². The Kier molecular flexibility index (Phi) is 3.99. The second kappa shape index (κ2) is 5.50. The molecule has 0 fully saturated rings. The van der Waals surface area contributed by atoms with Crippen LogP contribution < -0.4 is 5.73 Å². The second-order valence-electron chi connectivity index (χ2n) is 4.13. The number of nitrogens with zero attached hydrogens (tertiary/aromatic N) is 2. The lowest BCUT2D eigenvalue weighted by atomic mass is 9.99. The lowest BCUT2D eigenvalue weighted by Gasteiger charge is -2.17. The molecule has 1 heterocycles. The number of aromatic nitrogens is 2. The van der Waals surface area contributed by atoms with Crippen LogP contribution in [0.2, 0.25) is 5.02 Å². The molecule has 1 aromatic heterocycles. The molecule has 0 amide bonds. The molecule has 0 bridgehead atoms. The molecule has 2 aromatic rings. The van der Waals surface area contributed by atoms with Crippen LogP contribution in [0, 0.1) is 6.92 Å². The van der Waals surface area contributed by atoms with Crippen molar-refractivity contribution in [3.05, 3.63) is 52.8 Å². The van der Waals surface area contributed by atoms with E-state index in [9.17, 15) is 0 Å². The Morgan fingerprint density at radius 1 is 1.44 bits per heavy atom. The Hall–Kier alpha value is -1.39. The van der Waals surface area contributed by atoms with Gasteiger partial charge in [-0.2, -0.15) is 5.10 Å². The number of rotatable bonds is 4. The van der Waals surface area contributed by atoms with Crippen molar-refractivity contribution < 1.29 is 0 Å². The van der Waals surface area contributed by atoms with Crippen LogP contribution in [0.4, 0.5) is 0 Å². The molecule has 0 saturated carbocycles. The highest BCUT2D eigenvalue weighted by Crippen LogP contribution is 2.21. The summed E-state index contributed by atoms with van der Waals surface area (Å²) in [6.07, 6.45) is 1.64. The van der Waals surface area contributed by atoms with E-state index < -0.39 is 0 Å². The predicted molar refractivity (Wildman–Crippen MR) is 77.9 cm³/mol. The van der Waals surface area contributed by atoms with Crippen LogP contribution in [-0.4, -0.2) is 14.8 Å². The van der Waals surface area contributed by atoms with Gasteiger partial charge in [0.15, 0.2) is 0 Å². The fraction of sp³-hybridized carbons (Fsp3) is 0.231. The van der Waals surface area contributed by atoms with Crippen LogP contribution in [0.3, 0.4) is 0 Å². The normalized spacial score (nSPS) is 12.3. The Morgan fingerprint density at radius 2 is 2.11 bits per heavy atom. The Labute approximate surface area is 117 Å². The van der Waals surface area contributed by atoms with Gasteiger partial charge in [0.1, 0.15) is 0 Å². The van der Waals surface area contributed by atoms with Crippen molar-refractivity contribution in [2.45, 2.75) is 19.4 Å². The predicted octanol–water partition coefficient (Wildman–Crippen LogP) is 2.91. The second-order valence-corrected chi connectivity index (χ2v) is 5.00. The first-order chi connectivity index (χ1) is 8.59. The standard InChI is InChI=1S/C13H14ClN3S/c1-9-12(14)7-16-17(9)8-11(13(15)18)10-5-3-2-4-6-10/h2-7,11H,8H2,1H3,(H2,15,18). The molecule has 5 heteroatoms. The van der Waals surface area contributed by atoms with Crippen molar-refractivity contribution in [1.29, 1.82) is 0 Å². The van der Waals surface area contributed by atoms with Crippen LogP contribution >= 0.6 is 23.8 Å². The first kappa shape index (κ1) is 13.1. The average molecular weight is 280 g/mol. The molecule has 0 aliphatic carbocycles. The number of benzene rings is 1. The molecule has 3 nitrogen and oxygen atoms in total. The van der Waals surface area contributed by atoms with E-state index in [1.54, 1.807) is 6.20 Å². The van der Waals surface area contributed by atoms with Gasteiger partial charge in [-0.1, -0.05) is 54.2 Å². The molecule has 2 rings (SSSR count). The lowest BCUT2D eigenvalue weighted by molar-refractivity contribution is 0.575. The average Bonchev–Trinajstić information content (AvgIpc) is 2.68. The third kappa shape index (κ3) is 2.71. The number of hydrogen-bond acceptors (Lipinski definition) is 2. The fourth-order valence-corrected chi connectivity index (χ4v) is 2.18. The highest BCUT2D eigenvalue weighted by molar-refractivity contribution is 7.80. The molecule has 0 aliphatic rings. The molecule has 1 aromatic carbocycles. The summed E-state index contributed by atoms with van der Waals surface area (Å²) in [5.41, 5.74) is 7.85. The van der Waals surface area contributed by atoms with E-state index in [-0.39, 0.29) is 5.92 Å². The van der Waals surface area contributed by atoms with Crippen LogP contribution in [0.1, 0.15) is 17.2 Å². The quantitative estimate of drug-likeness (QED) is 0.875. The van der Waals surface area contributed by atoms with Gasteiger partial charge < -0.3 is 5.73 Å². The largest absolute Gasteiger partial charge is 0.393 e. The Morgan fingerprint density at radius 3 is 2.61 bits per heavy atom. The molecule has 1 unspecified atom stereocenters. The molecule has 18 heavy (non-hydrogen) atoms. The maximum absolute atomic E-state index is 5.99. The van der Waals surface area contributed by atoms with E-state index in [4.69, 9.17) is 29.6 Å². The van der Waals surface area contributed by atoms with E-state index in [0.29, 0.717) is 16.6 Å². The minimum atomic E-state index is -0.0316. The zero-order valence-corrected chi connectivity index (χ0v) is 11.6. The zero-order chi connectivity index (χ0) is 13.1. The summed E-state index contributed by atoms with van der Waals surface area (Å²) in [6.45, 7) is 2.54. The molecular formula is C13H14ClN3S. The highest BCUT2D eigenvalue weighted by atomic mass is 35.5. The summed E-state index contributed by atoms with van der Waals surface area (Å²) in [5.74, 6) is -0.0316. The van der Waals surface area contributed by atoms with Gasteiger partial charge >= 0.3 is 0 Å². The van der Waals surface area contributed by atoms with Crippen molar-refractivity contribution in [3.63, 3.8) is 0 Å². The van der Waals surface area contributed by atoms with Crippen LogP contribution in [0.5, 0.6) is 0 Å². The van der Waals surface area contributed by atoms with Gasteiger partial charge in [0.2, 0.25) is 0 Å². The maximum Gasteiger partial charge on any atom is 0.0822 e. The van der Waals surface area contributed by atoms with Gasteiger partial charge in [-0.25, -0.2) is 0 Å². The molecule has 0 saturated heterocycles. The molecule has 0 spiro atoms. The summed E-state index contributed by atoms with van der Waals surface area (Å²) < 4.78 is 1.83. The topological polar surface area (TPSA) is 43.8 Å². The molecule has 2 N–H and O–H groups in total. The summed E-state index contributed by atoms with van der Waals surface area (Å²) in [7, 11) is 0. The smallest absolute Gasteiger partial charge is 0.0822 e. The van der Waals surface area contributed by atoms with Crippen molar-refractivity contribution >= 4 is 28.8 Å². The molecule has 94 valence electrons. The summed E-state index contributed by atoms with van der Waals surface area (Å²) in [6, 6.07) is 9.96. The monoisotopic (exact) mass is 279 g/mol. The van der Waals surface area contributed by atoms with Gasteiger partial charge in [0, 0.05) is 0 Å². The van der Waals surface area contributed by atoms with Crippen molar-refractivity contribution in [2.24, 2.45) is 5.73 Å². The van der Waals surface area contributed by atoms with Gasteiger partial charge in [-0.15, -0.1) is 0 Å². The third-order valence-corrected chi connectivity index (χ3v) is 3.60. The molecule has 1 atom stereocenters. The van der Waals surface area contributed by atoms with E-state index in [1.807, 2.05) is 41.9 Å². The van der Waals surface area contributed by atoms with Crippen molar-refractivity contribution in [3.8, 4) is 0 Å². The van der Waals surface area contributed by atoms with Crippen LogP contribution in [0.25, 0.3) is 0 Å². The van der Waals surface area contributed by atoms with Gasteiger partial charge in [-0.3, -0.25) is 4.68 Å². The lowest BCUT2D eigenvalue weighted by Crippen LogP contribution is -2.24. The summed E-state index contributed by atoms with van der Waals surface area (Å²) in [4.78, 5) is 0.465. The van der Waals surface area contributed by atoms with E-state index in [0.717, 1.165) is 11.3 Å². The first-order valence-electron chi connectivity index (χ1n) is 5.61. The third-order valence-electron chi connectivity index (χ3n) is 2.94. The van der Waals surface area contributed by atoms with Crippen LogP contribution in [-0.2, 0) is 6.54 Å². The zero-order valence-electron chi connectivity index (χ0n) is 10.0. The minimum absolute atomic E-state index is 0.0316. The molecule has 0 aliphatic heterocycles. The fourth-order valence-electron chi connectivity index (χ4n) is 1.83. The van der Waals surface area contributed by atoms with Crippen molar-refractivity contribution in [2.75, 3.05) is 0 Å².